The molecule has 0 unspecified atom stereocenters. The number of amides is 1. The number of nitrogens with one attached hydrogen (secondary N) is 1. The lowest BCUT2D eigenvalue weighted by Gasteiger charge is -2.14. The van der Waals surface area contributed by atoms with E-state index in [1.165, 1.54) is 6.08 Å². The van der Waals surface area contributed by atoms with E-state index in [1.54, 1.807) is 26.0 Å². The SMILES string of the molecule is Cc1cc(/C=C(\C#N)C(=O)N[C@H](C)c2ccccc2)cc(C)c1O. The smallest absolute Gasteiger partial charge is 0.262 e. The van der Waals surface area contributed by atoms with E-state index in [2.05, 4.69) is 5.32 Å². The molecule has 2 rings (SSSR count). The Morgan fingerprint density at radius 3 is 2.33 bits per heavy atom. The van der Waals surface area contributed by atoms with Crippen LogP contribution in [-0.2, 0) is 4.79 Å². The molecule has 4 heteroatoms. The third kappa shape index (κ3) is 4.02. The topological polar surface area (TPSA) is 73.1 Å². The number of rotatable bonds is 4. The average molecular weight is 320 g/mol. The minimum atomic E-state index is -0.419. The Morgan fingerprint density at radius 2 is 1.79 bits per heavy atom. The van der Waals surface area contributed by atoms with Gasteiger partial charge in [-0.3, -0.25) is 4.79 Å². The standard InChI is InChI=1S/C20H20N2O2/c1-13-9-16(10-14(2)19(13)23)11-18(12-21)20(24)22-15(3)17-7-5-4-6-8-17/h4-11,15,23H,1-3H3,(H,22,24)/b18-11+/t15-/m1/s1. The zero-order valence-electron chi connectivity index (χ0n) is 14.0. The Hall–Kier alpha value is -3.06. The lowest BCUT2D eigenvalue weighted by molar-refractivity contribution is -0.117. The van der Waals surface area contributed by atoms with Crippen molar-refractivity contribution >= 4 is 12.0 Å². The van der Waals surface area contributed by atoms with Gasteiger partial charge >= 0.3 is 0 Å². The van der Waals surface area contributed by atoms with E-state index in [4.69, 9.17) is 0 Å². The minimum absolute atomic E-state index is 0.0299. The lowest BCUT2D eigenvalue weighted by Crippen LogP contribution is -2.27. The predicted octanol–water partition coefficient (Wildman–Crippen LogP) is 3.79. The molecular weight excluding hydrogens is 300 g/mol. The van der Waals surface area contributed by atoms with Crippen molar-refractivity contribution < 1.29 is 9.90 Å². The Labute approximate surface area is 142 Å². The summed E-state index contributed by atoms with van der Waals surface area (Å²) >= 11 is 0. The molecule has 24 heavy (non-hydrogen) atoms. The molecule has 0 aromatic heterocycles. The van der Waals surface area contributed by atoms with Gasteiger partial charge in [-0.25, -0.2) is 0 Å². The highest BCUT2D eigenvalue weighted by Crippen LogP contribution is 2.24. The number of carbonyl (C=O) groups is 1. The van der Waals surface area contributed by atoms with Crippen molar-refractivity contribution in [2.75, 3.05) is 0 Å². The van der Waals surface area contributed by atoms with E-state index in [1.807, 2.05) is 43.3 Å². The molecule has 4 nitrogen and oxygen atoms in total. The first kappa shape index (κ1) is 17.3. The van der Waals surface area contributed by atoms with Crippen LogP contribution in [0.4, 0.5) is 0 Å². The molecule has 0 aliphatic heterocycles. The van der Waals surface area contributed by atoms with Crippen molar-refractivity contribution in [3.05, 3.63) is 70.3 Å². The zero-order chi connectivity index (χ0) is 17.7. The van der Waals surface area contributed by atoms with Crippen LogP contribution in [0.3, 0.4) is 0 Å². The third-order valence-corrected chi connectivity index (χ3v) is 3.84. The molecule has 0 bridgehead atoms. The van der Waals surface area contributed by atoms with E-state index in [-0.39, 0.29) is 17.4 Å². The number of aryl methyl sites for hydroxylation is 2. The maximum Gasteiger partial charge on any atom is 0.262 e. The van der Waals surface area contributed by atoms with Crippen LogP contribution in [0.5, 0.6) is 5.75 Å². The largest absolute Gasteiger partial charge is 0.507 e. The number of benzene rings is 2. The number of hydrogen-bond donors (Lipinski definition) is 2. The fourth-order valence-electron chi connectivity index (χ4n) is 2.49. The fraction of sp³-hybridized carbons (Fsp3) is 0.200. The third-order valence-electron chi connectivity index (χ3n) is 3.84. The summed E-state index contributed by atoms with van der Waals surface area (Å²) in [4.78, 5) is 12.3. The van der Waals surface area contributed by atoms with Gasteiger partial charge in [-0.2, -0.15) is 5.26 Å². The molecule has 0 saturated heterocycles. The average Bonchev–Trinajstić information content (AvgIpc) is 2.58. The number of aromatic hydroxyl groups is 1. The second kappa shape index (κ2) is 7.47. The second-order valence-electron chi connectivity index (χ2n) is 5.78. The van der Waals surface area contributed by atoms with E-state index in [9.17, 15) is 15.2 Å². The van der Waals surface area contributed by atoms with Crippen molar-refractivity contribution in [2.45, 2.75) is 26.8 Å². The Balaban J connectivity index is 2.22. The fourth-order valence-corrected chi connectivity index (χ4v) is 2.49. The van der Waals surface area contributed by atoms with Crippen LogP contribution in [0.15, 0.2) is 48.0 Å². The number of carbonyl (C=O) groups excluding carboxylic acids is 1. The molecule has 0 heterocycles. The first-order valence-corrected chi connectivity index (χ1v) is 7.70. The number of phenolic OH excluding ortho intramolecular Hbond substituents is 1. The van der Waals surface area contributed by atoms with Crippen LogP contribution in [-0.4, -0.2) is 11.0 Å². The van der Waals surface area contributed by atoms with Gasteiger partial charge in [0.25, 0.3) is 5.91 Å². The van der Waals surface area contributed by atoms with Gasteiger partial charge in [-0.1, -0.05) is 30.3 Å². The highest BCUT2D eigenvalue weighted by Gasteiger charge is 2.14. The van der Waals surface area contributed by atoms with Crippen molar-refractivity contribution in [3.8, 4) is 11.8 Å². The molecule has 1 atom stereocenters. The first-order chi connectivity index (χ1) is 11.4. The molecule has 2 aromatic carbocycles. The number of phenols is 1. The highest BCUT2D eigenvalue weighted by atomic mass is 16.3. The van der Waals surface area contributed by atoms with Gasteiger partial charge in [0.15, 0.2) is 0 Å². The summed E-state index contributed by atoms with van der Waals surface area (Å²) in [6, 6.07) is 14.8. The summed E-state index contributed by atoms with van der Waals surface area (Å²) < 4.78 is 0. The van der Waals surface area contributed by atoms with Crippen LogP contribution >= 0.6 is 0 Å². The van der Waals surface area contributed by atoms with E-state index < -0.39 is 5.91 Å². The van der Waals surface area contributed by atoms with Crippen LogP contribution in [0, 0.1) is 25.2 Å². The molecule has 0 spiro atoms. The Bertz CT molecular complexity index is 794. The van der Waals surface area contributed by atoms with Gasteiger partial charge < -0.3 is 10.4 Å². The van der Waals surface area contributed by atoms with Crippen LogP contribution in [0.25, 0.3) is 6.08 Å². The summed E-state index contributed by atoms with van der Waals surface area (Å²) in [6.45, 7) is 5.43. The van der Waals surface area contributed by atoms with Gasteiger partial charge in [-0.05, 0) is 61.2 Å². The Morgan fingerprint density at radius 1 is 1.21 bits per heavy atom. The van der Waals surface area contributed by atoms with Crippen LogP contribution in [0.1, 0.15) is 35.2 Å². The number of hydrogen-bond acceptors (Lipinski definition) is 3. The lowest BCUT2D eigenvalue weighted by atomic mass is 10.0. The number of nitriles is 1. The summed E-state index contributed by atoms with van der Waals surface area (Å²) in [6.07, 6.45) is 1.53. The van der Waals surface area contributed by atoms with Gasteiger partial charge in [0.2, 0.25) is 0 Å². The first-order valence-electron chi connectivity index (χ1n) is 7.70. The van der Waals surface area contributed by atoms with Gasteiger partial charge in [-0.15, -0.1) is 0 Å². The molecule has 1 amide bonds. The monoisotopic (exact) mass is 320 g/mol. The number of nitrogens with zero attached hydrogens (tertiary/aromatic N) is 1. The molecule has 2 N–H and O–H groups in total. The van der Waals surface area contributed by atoms with Gasteiger partial charge in [0, 0.05) is 0 Å². The van der Waals surface area contributed by atoms with Crippen molar-refractivity contribution in [3.63, 3.8) is 0 Å². The molecular formula is C20H20N2O2. The summed E-state index contributed by atoms with van der Waals surface area (Å²) in [7, 11) is 0. The molecule has 0 radical (unpaired) electrons. The Kier molecular flexibility index (Phi) is 5.39. The molecule has 0 aliphatic rings. The highest BCUT2D eigenvalue weighted by molar-refractivity contribution is 6.01. The molecule has 122 valence electrons. The quantitative estimate of drug-likeness (QED) is 0.665. The summed E-state index contributed by atoms with van der Waals surface area (Å²) in [5, 5.41) is 21.9. The van der Waals surface area contributed by atoms with Crippen molar-refractivity contribution in [1.82, 2.24) is 5.32 Å². The minimum Gasteiger partial charge on any atom is -0.507 e. The van der Waals surface area contributed by atoms with Crippen molar-refractivity contribution in [1.29, 1.82) is 5.26 Å². The maximum absolute atomic E-state index is 12.3. The zero-order valence-corrected chi connectivity index (χ0v) is 14.0. The molecule has 0 fully saturated rings. The van der Waals surface area contributed by atoms with E-state index in [0.29, 0.717) is 16.7 Å². The molecule has 2 aromatic rings. The van der Waals surface area contributed by atoms with Crippen LogP contribution < -0.4 is 5.32 Å². The second-order valence-corrected chi connectivity index (χ2v) is 5.78. The maximum atomic E-state index is 12.3. The van der Waals surface area contributed by atoms with Crippen LogP contribution in [0.2, 0.25) is 0 Å². The predicted molar refractivity (Wildman–Crippen MR) is 94.2 cm³/mol. The normalized spacial score (nSPS) is 12.3. The molecule has 0 saturated carbocycles. The van der Waals surface area contributed by atoms with Crippen molar-refractivity contribution in [2.24, 2.45) is 0 Å². The summed E-state index contributed by atoms with van der Waals surface area (Å²) in [5.74, 6) is -0.190. The van der Waals surface area contributed by atoms with E-state index in [0.717, 1.165) is 5.56 Å². The van der Waals surface area contributed by atoms with Gasteiger partial charge in [0.1, 0.15) is 17.4 Å². The molecule has 0 aliphatic carbocycles. The summed E-state index contributed by atoms with van der Waals surface area (Å²) in [5.41, 5.74) is 3.12. The van der Waals surface area contributed by atoms with E-state index >= 15 is 0 Å². The van der Waals surface area contributed by atoms with Gasteiger partial charge in [0.05, 0.1) is 6.04 Å².